The van der Waals surface area contributed by atoms with E-state index in [1.807, 2.05) is 30.3 Å². The summed E-state index contributed by atoms with van der Waals surface area (Å²) in [7, 11) is 1.19. The van der Waals surface area contributed by atoms with Gasteiger partial charge in [-0.3, -0.25) is 9.59 Å². The third kappa shape index (κ3) is 9.70. The number of esters is 4. The van der Waals surface area contributed by atoms with Crippen LogP contribution in [0, 0.1) is 0 Å². The van der Waals surface area contributed by atoms with E-state index in [1.54, 1.807) is 0 Å². The van der Waals surface area contributed by atoms with Crippen LogP contribution in [0.1, 0.15) is 24.8 Å². The number of carbonyl (C=O) groups is 4. The van der Waals surface area contributed by atoms with Gasteiger partial charge in [-0.2, -0.15) is 0 Å². The molecule has 0 fully saturated rings. The fourth-order valence-corrected chi connectivity index (χ4v) is 1.76. The molecule has 0 aliphatic carbocycles. The summed E-state index contributed by atoms with van der Waals surface area (Å²) in [4.78, 5) is 45.1. The largest absolute Gasteiger partial charge is 0.466 e. The van der Waals surface area contributed by atoms with E-state index in [2.05, 4.69) is 9.47 Å². The van der Waals surface area contributed by atoms with E-state index >= 15 is 0 Å². The van der Waals surface area contributed by atoms with E-state index in [-0.39, 0.29) is 25.9 Å². The van der Waals surface area contributed by atoms with E-state index in [4.69, 9.17) is 4.74 Å². The van der Waals surface area contributed by atoms with Crippen molar-refractivity contribution in [2.75, 3.05) is 13.7 Å². The molecule has 1 rings (SSSR count). The molecule has 0 unspecified atom stereocenters. The number of rotatable bonds is 9. The Morgan fingerprint density at radius 3 is 2.24 bits per heavy atom. The lowest BCUT2D eigenvalue weighted by Gasteiger charge is -2.04. The molecule has 0 saturated heterocycles. The summed E-state index contributed by atoms with van der Waals surface area (Å²) in [6, 6.07) is 9.39. The van der Waals surface area contributed by atoms with E-state index in [1.165, 1.54) is 7.11 Å². The lowest BCUT2D eigenvalue weighted by atomic mass is 10.1. The van der Waals surface area contributed by atoms with Crippen LogP contribution in [0.15, 0.2) is 42.5 Å². The maximum Gasteiger partial charge on any atom is 0.331 e. The fourth-order valence-electron chi connectivity index (χ4n) is 1.76. The lowest BCUT2D eigenvalue weighted by molar-refractivity contribution is -0.160. The van der Waals surface area contributed by atoms with Crippen molar-refractivity contribution in [3.05, 3.63) is 48.0 Å². The maximum absolute atomic E-state index is 11.6. The van der Waals surface area contributed by atoms with Crippen LogP contribution in [0.5, 0.6) is 0 Å². The minimum absolute atomic E-state index is 0.0301. The third-order valence-corrected chi connectivity index (χ3v) is 3.01. The number of aryl methyl sites for hydroxylation is 1. The maximum atomic E-state index is 11.6. The Hall–Kier alpha value is -2.96. The predicted octanol–water partition coefficient (Wildman–Crippen LogP) is 1.74. The highest BCUT2D eigenvalue weighted by Gasteiger charge is 2.11. The molecule has 0 spiro atoms. The number of hydrogen-bond donors (Lipinski definition) is 0. The molecule has 25 heavy (non-hydrogen) atoms. The first-order valence-corrected chi connectivity index (χ1v) is 7.71. The molecule has 0 aromatic heterocycles. The standard InChI is InChI=1S/C18H20O7/c1-23-15(19)11-12-16(20)24-13-5-8-17(21)25-18(22)10-9-14-6-3-2-4-7-14/h2-4,6-7,11-12H,5,8-10,13H2,1H3. The van der Waals surface area contributed by atoms with Gasteiger partial charge >= 0.3 is 23.9 Å². The Balaban J connectivity index is 2.13. The van der Waals surface area contributed by atoms with Crippen LogP contribution >= 0.6 is 0 Å². The zero-order valence-electron chi connectivity index (χ0n) is 13.9. The summed E-state index contributed by atoms with van der Waals surface area (Å²) >= 11 is 0. The Labute approximate surface area is 145 Å². The second kappa shape index (κ2) is 11.6. The van der Waals surface area contributed by atoms with Gasteiger partial charge in [-0.25, -0.2) is 9.59 Å². The van der Waals surface area contributed by atoms with E-state index in [9.17, 15) is 19.2 Å². The monoisotopic (exact) mass is 348 g/mol. The molecular weight excluding hydrogens is 328 g/mol. The van der Waals surface area contributed by atoms with Crippen molar-refractivity contribution in [2.24, 2.45) is 0 Å². The van der Waals surface area contributed by atoms with Gasteiger partial charge in [0, 0.05) is 18.6 Å². The Bertz CT molecular complexity index is 620. The van der Waals surface area contributed by atoms with Crippen molar-refractivity contribution in [1.82, 2.24) is 0 Å². The van der Waals surface area contributed by atoms with Crippen molar-refractivity contribution in [1.29, 1.82) is 0 Å². The fraction of sp³-hybridized carbons (Fsp3) is 0.333. The number of benzene rings is 1. The van der Waals surface area contributed by atoms with Gasteiger partial charge in [0.2, 0.25) is 0 Å². The number of hydrogen-bond acceptors (Lipinski definition) is 7. The van der Waals surface area contributed by atoms with Gasteiger partial charge in [0.1, 0.15) is 0 Å². The topological polar surface area (TPSA) is 96.0 Å². The predicted molar refractivity (Wildman–Crippen MR) is 87.2 cm³/mol. The van der Waals surface area contributed by atoms with E-state index in [0.29, 0.717) is 6.42 Å². The molecule has 0 saturated carbocycles. The van der Waals surface area contributed by atoms with Gasteiger partial charge in [-0.15, -0.1) is 0 Å². The average molecular weight is 348 g/mol. The minimum Gasteiger partial charge on any atom is -0.466 e. The second-order valence-electron chi connectivity index (χ2n) is 4.96. The van der Waals surface area contributed by atoms with Gasteiger partial charge in [0.15, 0.2) is 0 Å². The highest BCUT2D eigenvalue weighted by Crippen LogP contribution is 2.04. The highest BCUT2D eigenvalue weighted by molar-refractivity contribution is 5.91. The van der Waals surface area contributed by atoms with Crippen molar-refractivity contribution in [3.8, 4) is 0 Å². The molecule has 0 atom stereocenters. The van der Waals surface area contributed by atoms with Crippen molar-refractivity contribution < 1.29 is 33.4 Å². The van der Waals surface area contributed by atoms with Gasteiger partial charge in [0.05, 0.1) is 20.1 Å². The lowest BCUT2D eigenvalue weighted by Crippen LogP contribution is -2.14. The van der Waals surface area contributed by atoms with Gasteiger partial charge < -0.3 is 14.2 Å². The molecule has 1 aromatic carbocycles. The summed E-state index contributed by atoms with van der Waals surface area (Å²) in [5, 5.41) is 0. The normalized spacial score (nSPS) is 10.3. The summed E-state index contributed by atoms with van der Waals surface area (Å²) in [5.74, 6) is -2.65. The van der Waals surface area contributed by atoms with Gasteiger partial charge in [-0.05, 0) is 18.4 Å². The van der Waals surface area contributed by atoms with Crippen LogP contribution < -0.4 is 0 Å². The summed E-state index contributed by atoms with van der Waals surface area (Å²) in [5.41, 5.74) is 0.985. The van der Waals surface area contributed by atoms with Gasteiger partial charge in [0.25, 0.3) is 0 Å². The quantitative estimate of drug-likeness (QED) is 0.220. The zero-order chi connectivity index (χ0) is 18.5. The van der Waals surface area contributed by atoms with E-state index < -0.39 is 23.9 Å². The first-order valence-electron chi connectivity index (χ1n) is 7.71. The molecule has 0 N–H and O–H groups in total. The summed E-state index contributed by atoms with van der Waals surface area (Å²) in [6.45, 7) is -0.0301. The number of methoxy groups -OCH3 is 1. The Morgan fingerprint density at radius 2 is 1.56 bits per heavy atom. The Morgan fingerprint density at radius 1 is 0.920 bits per heavy atom. The SMILES string of the molecule is COC(=O)C=CC(=O)OCCCC(=O)OC(=O)CCc1ccccc1. The van der Waals surface area contributed by atoms with Crippen molar-refractivity contribution in [3.63, 3.8) is 0 Å². The van der Waals surface area contributed by atoms with Crippen molar-refractivity contribution >= 4 is 23.9 Å². The zero-order valence-corrected chi connectivity index (χ0v) is 13.9. The molecule has 134 valence electrons. The highest BCUT2D eigenvalue weighted by atomic mass is 16.6. The molecule has 1 aromatic rings. The minimum atomic E-state index is -0.724. The number of ether oxygens (including phenoxy) is 3. The first kappa shape index (κ1) is 20.1. The second-order valence-corrected chi connectivity index (χ2v) is 4.96. The third-order valence-electron chi connectivity index (χ3n) is 3.01. The van der Waals surface area contributed by atoms with Crippen molar-refractivity contribution in [2.45, 2.75) is 25.7 Å². The Kier molecular flexibility index (Phi) is 9.28. The smallest absolute Gasteiger partial charge is 0.331 e. The molecule has 7 heteroatoms. The van der Waals surface area contributed by atoms with Crippen LogP contribution in [0.2, 0.25) is 0 Å². The first-order chi connectivity index (χ1) is 12.0. The van der Waals surface area contributed by atoms with Crippen LogP contribution in [0.3, 0.4) is 0 Å². The van der Waals surface area contributed by atoms with Crippen LogP contribution in [0.25, 0.3) is 0 Å². The van der Waals surface area contributed by atoms with E-state index in [0.717, 1.165) is 17.7 Å². The molecule has 0 aliphatic heterocycles. The van der Waals surface area contributed by atoms with Crippen LogP contribution in [0.4, 0.5) is 0 Å². The number of carbonyl (C=O) groups excluding carboxylic acids is 4. The molecule has 0 bridgehead atoms. The average Bonchev–Trinajstić information content (AvgIpc) is 2.62. The molecule has 0 amide bonds. The van der Waals surface area contributed by atoms with Gasteiger partial charge in [-0.1, -0.05) is 30.3 Å². The molecule has 0 aliphatic rings. The summed E-state index contributed by atoms with van der Waals surface area (Å²) < 4.78 is 13.8. The molecule has 7 nitrogen and oxygen atoms in total. The van der Waals surface area contributed by atoms with Crippen LogP contribution in [-0.4, -0.2) is 37.6 Å². The molecule has 0 radical (unpaired) electrons. The van der Waals surface area contributed by atoms with Crippen LogP contribution in [-0.2, 0) is 39.8 Å². The summed E-state index contributed by atoms with van der Waals surface area (Å²) in [6.07, 6.45) is 2.63. The molecular formula is C18H20O7. The molecule has 0 heterocycles.